The number of nitrogens with zero attached hydrogens (tertiary/aromatic N) is 1. The summed E-state index contributed by atoms with van der Waals surface area (Å²) in [4.78, 5) is 2.15. The fraction of sp³-hybridized carbons (Fsp3) is 0.294. The van der Waals surface area contributed by atoms with Crippen molar-refractivity contribution in [1.82, 2.24) is 0 Å². The molecule has 20 heavy (non-hydrogen) atoms. The molecule has 0 aliphatic heterocycles. The molecule has 0 heterocycles. The van der Waals surface area contributed by atoms with Crippen LogP contribution < -0.4 is 10.6 Å². The molecule has 106 valence electrons. The molecule has 0 amide bonds. The zero-order chi connectivity index (χ0) is 14.4. The number of phenols is 1. The normalized spacial score (nSPS) is 10.5. The minimum atomic E-state index is 0.307. The Hall–Kier alpha value is -2.00. The number of unbranched alkanes of at least 4 members (excludes halogenated alkanes) is 1. The number of hydrogen-bond donors (Lipinski definition) is 2. The van der Waals surface area contributed by atoms with E-state index in [2.05, 4.69) is 24.0 Å². The first kappa shape index (κ1) is 14.4. The predicted octanol–water partition coefficient (Wildman–Crippen LogP) is 3.79. The molecular weight excluding hydrogens is 248 g/mol. The van der Waals surface area contributed by atoms with Gasteiger partial charge in [0.05, 0.1) is 5.69 Å². The lowest BCUT2D eigenvalue weighted by molar-refractivity contribution is 0.475. The molecule has 0 aromatic heterocycles. The van der Waals surface area contributed by atoms with Gasteiger partial charge in [0.1, 0.15) is 5.75 Å². The first-order valence-electron chi connectivity index (χ1n) is 7.10. The van der Waals surface area contributed by atoms with Gasteiger partial charge in [-0.05, 0) is 36.2 Å². The molecule has 2 aromatic carbocycles. The van der Waals surface area contributed by atoms with Crippen LogP contribution in [-0.4, -0.2) is 11.7 Å². The summed E-state index contributed by atoms with van der Waals surface area (Å²) < 4.78 is 0. The first-order valence-corrected chi connectivity index (χ1v) is 7.10. The van der Waals surface area contributed by atoms with Crippen LogP contribution in [0.2, 0.25) is 0 Å². The molecule has 0 bridgehead atoms. The Morgan fingerprint density at radius 3 is 2.60 bits per heavy atom. The molecule has 2 rings (SSSR count). The zero-order valence-corrected chi connectivity index (χ0v) is 11.9. The molecule has 0 unspecified atom stereocenters. The van der Waals surface area contributed by atoms with E-state index in [1.54, 1.807) is 6.07 Å². The molecule has 0 spiro atoms. The van der Waals surface area contributed by atoms with Crippen molar-refractivity contribution >= 4 is 11.4 Å². The summed E-state index contributed by atoms with van der Waals surface area (Å²) in [5.74, 6) is 0.307. The Morgan fingerprint density at radius 1 is 1.10 bits per heavy atom. The number of hydrogen-bond acceptors (Lipinski definition) is 3. The van der Waals surface area contributed by atoms with Crippen molar-refractivity contribution < 1.29 is 5.11 Å². The van der Waals surface area contributed by atoms with Gasteiger partial charge in [0.2, 0.25) is 0 Å². The predicted molar refractivity (Wildman–Crippen MR) is 84.4 cm³/mol. The number of nitrogens with two attached hydrogens (primary N) is 1. The average Bonchev–Trinajstić information content (AvgIpc) is 2.49. The Kier molecular flexibility index (Phi) is 5.02. The highest BCUT2D eigenvalue weighted by Gasteiger charge is 2.12. The largest absolute Gasteiger partial charge is 0.506 e. The third kappa shape index (κ3) is 3.31. The summed E-state index contributed by atoms with van der Waals surface area (Å²) in [5, 5.41) is 10.1. The summed E-state index contributed by atoms with van der Waals surface area (Å²) in [6.45, 7) is 3.57. The maximum Gasteiger partial charge on any atom is 0.139 e. The second-order valence-corrected chi connectivity index (χ2v) is 4.87. The second kappa shape index (κ2) is 6.96. The summed E-state index contributed by atoms with van der Waals surface area (Å²) in [7, 11) is 0. The van der Waals surface area contributed by atoms with Gasteiger partial charge in [-0.15, -0.1) is 0 Å². The monoisotopic (exact) mass is 270 g/mol. The van der Waals surface area contributed by atoms with E-state index in [-0.39, 0.29) is 0 Å². The van der Waals surface area contributed by atoms with E-state index in [0.717, 1.165) is 36.3 Å². The number of anilines is 2. The van der Waals surface area contributed by atoms with E-state index in [4.69, 9.17) is 5.73 Å². The lowest BCUT2D eigenvalue weighted by atomic mass is 10.1. The Morgan fingerprint density at radius 2 is 1.90 bits per heavy atom. The Bertz CT molecular complexity index is 554. The molecular formula is C17H22N2O. The first-order chi connectivity index (χ1) is 9.76. The maximum atomic E-state index is 10.1. The van der Waals surface area contributed by atoms with Crippen LogP contribution in [0.1, 0.15) is 25.3 Å². The lowest BCUT2D eigenvalue weighted by Crippen LogP contribution is -2.18. The van der Waals surface area contributed by atoms with E-state index in [1.807, 2.05) is 30.3 Å². The molecule has 2 aromatic rings. The number of benzene rings is 2. The van der Waals surface area contributed by atoms with Crippen molar-refractivity contribution in [2.45, 2.75) is 26.3 Å². The van der Waals surface area contributed by atoms with Crippen LogP contribution in [0.25, 0.3) is 0 Å². The molecule has 0 saturated carbocycles. The van der Waals surface area contributed by atoms with Crippen molar-refractivity contribution in [3.63, 3.8) is 0 Å². The van der Waals surface area contributed by atoms with Crippen LogP contribution in [0.3, 0.4) is 0 Å². The Balaban J connectivity index is 2.38. The second-order valence-electron chi connectivity index (χ2n) is 4.87. The fourth-order valence-corrected chi connectivity index (χ4v) is 2.25. The van der Waals surface area contributed by atoms with Crippen LogP contribution in [0.15, 0.2) is 48.5 Å². The van der Waals surface area contributed by atoms with Gasteiger partial charge in [-0.2, -0.15) is 0 Å². The molecule has 0 saturated heterocycles. The van der Waals surface area contributed by atoms with Gasteiger partial charge in [0, 0.05) is 18.8 Å². The van der Waals surface area contributed by atoms with Crippen LogP contribution in [0.4, 0.5) is 11.4 Å². The molecule has 0 aliphatic rings. The number of phenolic OH excluding ortho intramolecular Hbond substituents is 1. The van der Waals surface area contributed by atoms with E-state index in [9.17, 15) is 5.11 Å². The van der Waals surface area contributed by atoms with Crippen molar-refractivity contribution in [2.75, 3.05) is 11.4 Å². The summed E-state index contributed by atoms with van der Waals surface area (Å²) >= 11 is 0. The number of aromatic hydroxyl groups is 1. The third-order valence-corrected chi connectivity index (χ3v) is 3.37. The minimum Gasteiger partial charge on any atom is -0.506 e. The molecule has 3 nitrogen and oxygen atoms in total. The highest BCUT2D eigenvalue weighted by atomic mass is 16.3. The van der Waals surface area contributed by atoms with Gasteiger partial charge in [-0.3, -0.25) is 0 Å². The standard InChI is InChI=1S/C17H22N2O/c1-2-3-11-19(16-9-4-5-10-17(16)20)15-8-6-7-14(12-15)13-18/h4-10,12,20H,2-3,11,13,18H2,1H3. The third-order valence-electron chi connectivity index (χ3n) is 3.37. The average molecular weight is 270 g/mol. The van der Waals surface area contributed by atoms with Gasteiger partial charge in [-0.25, -0.2) is 0 Å². The fourth-order valence-electron chi connectivity index (χ4n) is 2.25. The van der Waals surface area contributed by atoms with E-state index < -0.39 is 0 Å². The zero-order valence-electron chi connectivity index (χ0n) is 11.9. The Labute approximate surface area is 120 Å². The molecule has 0 fully saturated rings. The van der Waals surface area contributed by atoms with Gasteiger partial charge in [0.25, 0.3) is 0 Å². The highest BCUT2D eigenvalue weighted by Crippen LogP contribution is 2.33. The molecule has 3 N–H and O–H groups in total. The molecule has 0 radical (unpaired) electrons. The van der Waals surface area contributed by atoms with Crippen molar-refractivity contribution in [2.24, 2.45) is 5.73 Å². The SMILES string of the molecule is CCCCN(c1cccc(CN)c1)c1ccccc1O. The molecule has 0 atom stereocenters. The quantitative estimate of drug-likeness (QED) is 0.839. The van der Waals surface area contributed by atoms with E-state index >= 15 is 0 Å². The number of para-hydroxylation sites is 2. The van der Waals surface area contributed by atoms with Gasteiger partial charge in [0.15, 0.2) is 0 Å². The molecule has 0 aliphatic carbocycles. The van der Waals surface area contributed by atoms with Crippen LogP contribution in [0.5, 0.6) is 5.75 Å². The highest BCUT2D eigenvalue weighted by molar-refractivity contribution is 5.69. The summed E-state index contributed by atoms with van der Waals surface area (Å²) in [6, 6.07) is 15.6. The van der Waals surface area contributed by atoms with E-state index in [0.29, 0.717) is 12.3 Å². The smallest absolute Gasteiger partial charge is 0.139 e. The summed E-state index contributed by atoms with van der Waals surface area (Å²) in [5.41, 5.74) is 8.73. The van der Waals surface area contributed by atoms with Gasteiger partial charge in [-0.1, -0.05) is 37.6 Å². The number of rotatable bonds is 6. The van der Waals surface area contributed by atoms with E-state index in [1.165, 1.54) is 0 Å². The van der Waals surface area contributed by atoms with Crippen molar-refractivity contribution in [1.29, 1.82) is 0 Å². The van der Waals surface area contributed by atoms with Gasteiger partial charge >= 0.3 is 0 Å². The van der Waals surface area contributed by atoms with Crippen LogP contribution in [-0.2, 0) is 6.54 Å². The molecule has 3 heteroatoms. The van der Waals surface area contributed by atoms with Gasteiger partial charge < -0.3 is 15.7 Å². The topological polar surface area (TPSA) is 49.5 Å². The van der Waals surface area contributed by atoms with Crippen molar-refractivity contribution in [3.05, 3.63) is 54.1 Å². The maximum absolute atomic E-state index is 10.1. The lowest BCUT2D eigenvalue weighted by Gasteiger charge is -2.26. The van der Waals surface area contributed by atoms with Crippen LogP contribution in [0, 0.1) is 0 Å². The van der Waals surface area contributed by atoms with Crippen LogP contribution >= 0.6 is 0 Å². The minimum absolute atomic E-state index is 0.307. The summed E-state index contributed by atoms with van der Waals surface area (Å²) in [6.07, 6.45) is 2.18. The van der Waals surface area contributed by atoms with Crippen molar-refractivity contribution in [3.8, 4) is 5.75 Å².